The van der Waals surface area contributed by atoms with Crippen LogP contribution in [0.4, 0.5) is 0 Å². The monoisotopic (exact) mass is 399 g/mol. The molecule has 0 radical (unpaired) electrons. The number of likely N-dealkylation sites (N-methyl/N-ethyl adjacent to an activating group) is 1. The number of nitrogens with one attached hydrogen (secondary N) is 1. The molecule has 148 valence electrons. The molecule has 0 aromatic heterocycles. The number of halogens is 1. The first kappa shape index (κ1) is 21.7. The smallest absolute Gasteiger partial charge is 0.258 e. The Labute approximate surface area is 171 Å². The lowest BCUT2D eigenvalue weighted by Gasteiger charge is -2.30. The Bertz CT molecular complexity index is 798. The number of carbonyl (C=O) groups is 1. The van der Waals surface area contributed by atoms with Crippen LogP contribution in [0.1, 0.15) is 31.0 Å². The van der Waals surface area contributed by atoms with Gasteiger partial charge < -0.3 is 10.1 Å². The lowest BCUT2D eigenvalue weighted by molar-refractivity contribution is -0.123. The molecule has 0 bridgehead atoms. The van der Waals surface area contributed by atoms with Gasteiger partial charge in [-0.1, -0.05) is 55.8 Å². The van der Waals surface area contributed by atoms with Gasteiger partial charge in [0.15, 0.2) is 6.61 Å². The van der Waals surface area contributed by atoms with Gasteiger partial charge in [0.2, 0.25) is 0 Å². The van der Waals surface area contributed by atoms with Crippen molar-refractivity contribution in [1.29, 1.82) is 5.26 Å². The molecule has 0 saturated heterocycles. The Morgan fingerprint density at radius 3 is 2.46 bits per heavy atom. The van der Waals surface area contributed by atoms with E-state index in [0.29, 0.717) is 23.7 Å². The number of carbonyl (C=O) groups excluding carboxylic acids is 1. The van der Waals surface area contributed by atoms with Gasteiger partial charge in [-0.25, -0.2) is 0 Å². The summed E-state index contributed by atoms with van der Waals surface area (Å²) in [6.07, 6.45) is 0.357. The SMILES string of the molecule is CCN(CC)C(CNC(=O)COc1ccc(CC#N)cc1)c1ccccc1Cl. The molecule has 1 atom stereocenters. The highest BCUT2D eigenvalue weighted by Gasteiger charge is 2.21. The summed E-state index contributed by atoms with van der Waals surface area (Å²) in [4.78, 5) is 14.5. The molecule has 28 heavy (non-hydrogen) atoms. The second kappa shape index (κ2) is 11.3. The van der Waals surface area contributed by atoms with Gasteiger partial charge in [-0.05, 0) is 42.4 Å². The normalized spacial score (nSPS) is 11.7. The van der Waals surface area contributed by atoms with Crippen LogP contribution >= 0.6 is 11.6 Å². The van der Waals surface area contributed by atoms with Crippen LogP contribution in [-0.2, 0) is 11.2 Å². The molecule has 0 aliphatic rings. The van der Waals surface area contributed by atoms with Gasteiger partial charge in [0.1, 0.15) is 5.75 Å². The molecule has 0 aliphatic heterocycles. The molecule has 5 nitrogen and oxygen atoms in total. The summed E-state index contributed by atoms with van der Waals surface area (Å²) in [5, 5.41) is 12.3. The number of rotatable bonds is 10. The van der Waals surface area contributed by atoms with Crippen molar-refractivity contribution in [2.75, 3.05) is 26.2 Å². The quantitative estimate of drug-likeness (QED) is 0.656. The van der Waals surface area contributed by atoms with Crippen LogP contribution in [-0.4, -0.2) is 37.0 Å². The molecule has 2 rings (SSSR count). The van der Waals surface area contributed by atoms with Gasteiger partial charge in [-0.3, -0.25) is 9.69 Å². The fourth-order valence-electron chi connectivity index (χ4n) is 3.05. The van der Waals surface area contributed by atoms with Gasteiger partial charge in [0, 0.05) is 11.6 Å². The first-order valence-electron chi connectivity index (χ1n) is 9.42. The van der Waals surface area contributed by atoms with Crippen LogP contribution in [0, 0.1) is 11.3 Å². The molecule has 1 N–H and O–H groups in total. The van der Waals surface area contributed by atoms with E-state index in [0.717, 1.165) is 24.2 Å². The molecule has 0 heterocycles. The van der Waals surface area contributed by atoms with Crippen molar-refractivity contribution < 1.29 is 9.53 Å². The molecule has 0 saturated carbocycles. The molecular weight excluding hydrogens is 374 g/mol. The summed E-state index contributed by atoms with van der Waals surface area (Å²) in [6.45, 7) is 6.28. The summed E-state index contributed by atoms with van der Waals surface area (Å²) in [7, 11) is 0. The number of ether oxygens (including phenoxy) is 1. The minimum atomic E-state index is -0.190. The predicted molar refractivity (Wildman–Crippen MR) is 111 cm³/mol. The molecular formula is C22H26ClN3O2. The summed E-state index contributed by atoms with van der Waals surface area (Å²) < 4.78 is 5.54. The second-order valence-electron chi connectivity index (χ2n) is 6.33. The number of amides is 1. The lowest BCUT2D eigenvalue weighted by Crippen LogP contribution is -2.39. The first-order chi connectivity index (χ1) is 13.6. The van der Waals surface area contributed by atoms with Gasteiger partial charge in [0.05, 0.1) is 18.5 Å². The van der Waals surface area contributed by atoms with Crippen LogP contribution in [0.25, 0.3) is 0 Å². The largest absolute Gasteiger partial charge is 0.484 e. The van der Waals surface area contributed by atoms with Crippen molar-refractivity contribution >= 4 is 17.5 Å². The van der Waals surface area contributed by atoms with Crippen LogP contribution in [0.3, 0.4) is 0 Å². The third-order valence-electron chi connectivity index (χ3n) is 4.59. The Morgan fingerprint density at radius 1 is 1.18 bits per heavy atom. The minimum Gasteiger partial charge on any atom is -0.484 e. The number of hydrogen-bond acceptors (Lipinski definition) is 4. The molecule has 2 aromatic rings. The van der Waals surface area contributed by atoms with Crippen molar-refractivity contribution in [3.05, 3.63) is 64.7 Å². The Balaban J connectivity index is 1.94. The van der Waals surface area contributed by atoms with E-state index in [2.05, 4.69) is 30.1 Å². The summed E-state index contributed by atoms with van der Waals surface area (Å²) >= 11 is 6.38. The van der Waals surface area contributed by atoms with Gasteiger partial charge in [-0.2, -0.15) is 5.26 Å². The van der Waals surface area contributed by atoms with E-state index in [1.807, 2.05) is 36.4 Å². The number of nitriles is 1. The van der Waals surface area contributed by atoms with Crippen molar-refractivity contribution in [1.82, 2.24) is 10.2 Å². The standard InChI is InChI=1S/C22H26ClN3O2/c1-3-26(4-2)21(19-7-5-6-8-20(19)23)15-25-22(27)16-28-18-11-9-17(10-12-18)13-14-24/h5-12,21H,3-4,13,15-16H2,1-2H3,(H,25,27). The Hall–Kier alpha value is -2.55. The zero-order valence-corrected chi connectivity index (χ0v) is 17.1. The molecule has 6 heteroatoms. The zero-order chi connectivity index (χ0) is 20.4. The second-order valence-corrected chi connectivity index (χ2v) is 6.74. The zero-order valence-electron chi connectivity index (χ0n) is 16.3. The first-order valence-corrected chi connectivity index (χ1v) is 9.80. The van der Waals surface area contributed by atoms with Crippen molar-refractivity contribution in [3.8, 4) is 11.8 Å². The van der Waals surface area contributed by atoms with E-state index in [9.17, 15) is 4.79 Å². The van der Waals surface area contributed by atoms with E-state index >= 15 is 0 Å². The molecule has 2 aromatic carbocycles. The molecule has 0 aliphatic carbocycles. The van der Waals surface area contributed by atoms with Gasteiger partial charge in [0.25, 0.3) is 5.91 Å². The highest BCUT2D eigenvalue weighted by Crippen LogP contribution is 2.26. The molecule has 0 spiro atoms. The van der Waals surface area contributed by atoms with Crippen LogP contribution in [0.2, 0.25) is 5.02 Å². The van der Waals surface area contributed by atoms with Crippen LogP contribution in [0.5, 0.6) is 5.75 Å². The fourth-order valence-corrected chi connectivity index (χ4v) is 3.31. The maximum Gasteiger partial charge on any atom is 0.258 e. The Kier molecular flexibility index (Phi) is 8.80. The van der Waals surface area contributed by atoms with Gasteiger partial charge >= 0.3 is 0 Å². The minimum absolute atomic E-state index is 0.00193. The Morgan fingerprint density at radius 2 is 1.86 bits per heavy atom. The summed E-state index contributed by atoms with van der Waals surface area (Å²) in [5.41, 5.74) is 1.92. The maximum atomic E-state index is 12.3. The summed E-state index contributed by atoms with van der Waals surface area (Å²) in [5.74, 6) is 0.411. The third-order valence-corrected chi connectivity index (χ3v) is 4.93. The molecule has 0 fully saturated rings. The molecule has 1 unspecified atom stereocenters. The predicted octanol–water partition coefficient (Wildman–Crippen LogP) is 3.98. The van der Waals surface area contributed by atoms with Crippen LogP contribution in [0.15, 0.2) is 48.5 Å². The van der Waals surface area contributed by atoms with Crippen LogP contribution < -0.4 is 10.1 Å². The highest BCUT2D eigenvalue weighted by atomic mass is 35.5. The summed E-state index contributed by atoms with van der Waals surface area (Å²) in [6, 6.07) is 17.0. The highest BCUT2D eigenvalue weighted by molar-refractivity contribution is 6.31. The van der Waals surface area contributed by atoms with E-state index < -0.39 is 0 Å². The number of nitrogens with zero attached hydrogens (tertiary/aromatic N) is 2. The third kappa shape index (κ3) is 6.26. The average Bonchev–Trinajstić information content (AvgIpc) is 2.71. The average molecular weight is 400 g/mol. The fraction of sp³-hybridized carbons (Fsp3) is 0.364. The van der Waals surface area contributed by atoms with Crippen molar-refractivity contribution in [2.24, 2.45) is 0 Å². The number of hydrogen-bond donors (Lipinski definition) is 1. The van der Waals surface area contributed by atoms with E-state index in [1.165, 1.54) is 0 Å². The molecule has 1 amide bonds. The van der Waals surface area contributed by atoms with E-state index in [-0.39, 0.29) is 18.6 Å². The topological polar surface area (TPSA) is 65.4 Å². The van der Waals surface area contributed by atoms with E-state index in [1.54, 1.807) is 12.1 Å². The lowest BCUT2D eigenvalue weighted by atomic mass is 10.0. The van der Waals surface area contributed by atoms with E-state index in [4.69, 9.17) is 21.6 Å². The van der Waals surface area contributed by atoms with Gasteiger partial charge in [-0.15, -0.1) is 0 Å². The van der Waals surface area contributed by atoms with Crippen molar-refractivity contribution in [2.45, 2.75) is 26.3 Å². The maximum absolute atomic E-state index is 12.3. The van der Waals surface area contributed by atoms with Crippen molar-refractivity contribution in [3.63, 3.8) is 0 Å². The number of benzene rings is 2.